The fourth-order valence-electron chi connectivity index (χ4n) is 1.72. The number of ether oxygens (including phenoxy) is 1. The van der Waals surface area contributed by atoms with Crippen LogP contribution in [0, 0.1) is 0 Å². The quantitative estimate of drug-likeness (QED) is 0.344. The van der Waals surface area contributed by atoms with Gasteiger partial charge in [-0.3, -0.25) is 4.55 Å². The predicted octanol–water partition coefficient (Wildman–Crippen LogP) is 0.293. The normalized spacial score (nSPS) is 16.1. The van der Waals surface area contributed by atoms with Crippen molar-refractivity contribution in [3.63, 3.8) is 0 Å². The Kier molecular flexibility index (Phi) is 7.76. The van der Waals surface area contributed by atoms with Crippen molar-refractivity contribution in [3.05, 3.63) is 12.7 Å². The Morgan fingerprint density at radius 2 is 2.00 bits per heavy atom. The summed E-state index contributed by atoms with van der Waals surface area (Å²) >= 11 is 0. The average Bonchev–Trinajstić information content (AvgIpc) is 2.22. The van der Waals surface area contributed by atoms with Gasteiger partial charge in [0.25, 0.3) is 10.1 Å². The smallest absolute Gasteiger partial charge is 0.265 e. The predicted molar refractivity (Wildman–Crippen MR) is 74.5 cm³/mol. The molecule has 0 rings (SSSR count). The van der Waals surface area contributed by atoms with Crippen LogP contribution in [0.1, 0.15) is 13.3 Å². The van der Waals surface area contributed by atoms with Crippen LogP contribution in [0.4, 0.5) is 0 Å². The van der Waals surface area contributed by atoms with Crippen molar-refractivity contribution < 1.29 is 27.3 Å². The molecule has 0 bridgehead atoms. The minimum absolute atomic E-state index is 0.107. The second-order valence-electron chi connectivity index (χ2n) is 5.41. The van der Waals surface area contributed by atoms with E-state index in [0.717, 1.165) is 0 Å². The first kappa shape index (κ1) is 18.5. The summed E-state index contributed by atoms with van der Waals surface area (Å²) in [4.78, 5) is 0. The molecule has 0 aromatic carbocycles. The third-order valence-corrected chi connectivity index (χ3v) is 3.56. The highest BCUT2D eigenvalue weighted by Crippen LogP contribution is 2.05. The van der Waals surface area contributed by atoms with E-state index in [1.54, 1.807) is 6.08 Å². The van der Waals surface area contributed by atoms with E-state index >= 15 is 0 Å². The molecule has 0 spiro atoms. The fraction of sp³-hybridized carbons (Fsp3) is 0.833. The van der Waals surface area contributed by atoms with Gasteiger partial charge in [0.2, 0.25) is 0 Å². The van der Waals surface area contributed by atoms with Crippen LogP contribution in [0.3, 0.4) is 0 Å². The monoisotopic (exact) mass is 296 g/mol. The summed E-state index contributed by atoms with van der Waals surface area (Å²) in [7, 11) is -0.122. The minimum Gasteiger partial charge on any atom is -0.385 e. The lowest BCUT2D eigenvalue weighted by Crippen LogP contribution is -2.47. The largest absolute Gasteiger partial charge is 0.385 e. The third kappa shape index (κ3) is 11.1. The molecule has 6 nitrogen and oxygen atoms in total. The number of aliphatic hydroxyl groups is 1. The van der Waals surface area contributed by atoms with Crippen molar-refractivity contribution in [2.75, 3.05) is 39.5 Å². The van der Waals surface area contributed by atoms with E-state index in [2.05, 4.69) is 6.58 Å². The Morgan fingerprint density at radius 1 is 1.42 bits per heavy atom. The van der Waals surface area contributed by atoms with Crippen molar-refractivity contribution in [3.8, 4) is 0 Å². The molecule has 2 atom stereocenters. The van der Waals surface area contributed by atoms with Gasteiger partial charge in [-0.15, -0.1) is 6.58 Å². The number of aliphatic hydroxyl groups excluding tert-OH is 1. The second-order valence-corrected chi connectivity index (χ2v) is 6.98. The van der Waals surface area contributed by atoms with Crippen molar-refractivity contribution in [1.29, 1.82) is 0 Å². The highest BCUT2D eigenvalue weighted by Gasteiger charge is 2.21. The topological polar surface area (TPSA) is 83.8 Å². The first-order valence-corrected chi connectivity index (χ1v) is 7.86. The summed E-state index contributed by atoms with van der Waals surface area (Å²) in [5.74, 6) is -0.255. The van der Waals surface area contributed by atoms with Gasteiger partial charge in [0.1, 0.15) is 12.6 Å². The van der Waals surface area contributed by atoms with Gasteiger partial charge >= 0.3 is 0 Å². The first-order valence-electron chi connectivity index (χ1n) is 6.25. The molecule has 0 saturated heterocycles. The van der Waals surface area contributed by atoms with Gasteiger partial charge in [-0.2, -0.15) is 8.42 Å². The molecule has 0 aliphatic rings. The molecule has 0 heterocycles. The van der Waals surface area contributed by atoms with E-state index in [4.69, 9.17) is 9.29 Å². The summed E-state index contributed by atoms with van der Waals surface area (Å²) in [6.45, 7) is 6.64. The van der Waals surface area contributed by atoms with Gasteiger partial charge in [0.05, 0.1) is 39.1 Å². The number of nitrogens with zero attached hydrogens (tertiary/aromatic N) is 1. The van der Waals surface area contributed by atoms with Gasteiger partial charge < -0.3 is 14.3 Å². The Bertz CT molecular complexity index is 366. The van der Waals surface area contributed by atoms with Crippen LogP contribution in [-0.2, 0) is 14.9 Å². The average molecular weight is 296 g/mol. The first-order chi connectivity index (χ1) is 8.56. The van der Waals surface area contributed by atoms with Crippen molar-refractivity contribution in [2.24, 2.45) is 0 Å². The highest BCUT2D eigenvalue weighted by atomic mass is 32.2. The number of quaternary nitrogens is 1. The van der Waals surface area contributed by atoms with Gasteiger partial charge in [-0.05, 0) is 6.92 Å². The summed E-state index contributed by atoms with van der Waals surface area (Å²) < 4.78 is 35.7. The number of hydrogen-bond donors (Lipinski definition) is 2. The molecular weight excluding hydrogens is 270 g/mol. The molecule has 0 aliphatic heterocycles. The maximum Gasteiger partial charge on any atom is 0.265 e. The Labute approximate surface area is 116 Å². The lowest BCUT2D eigenvalue weighted by Gasteiger charge is -2.31. The van der Waals surface area contributed by atoms with Crippen LogP contribution in [0.15, 0.2) is 12.7 Å². The van der Waals surface area contributed by atoms with Crippen molar-refractivity contribution in [2.45, 2.75) is 25.6 Å². The second kappa shape index (κ2) is 7.96. The number of rotatable bonds is 10. The Balaban J connectivity index is 4.03. The van der Waals surface area contributed by atoms with E-state index in [9.17, 15) is 13.5 Å². The molecule has 0 aromatic rings. The van der Waals surface area contributed by atoms with E-state index < -0.39 is 16.2 Å². The van der Waals surface area contributed by atoms with Crippen LogP contribution in [-0.4, -0.2) is 74.3 Å². The van der Waals surface area contributed by atoms with Crippen LogP contribution >= 0.6 is 0 Å². The molecule has 0 radical (unpaired) electrons. The minimum atomic E-state index is -3.91. The molecule has 0 aromatic heterocycles. The van der Waals surface area contributed by atoms with Gasteiger partial charge in [-0.25, -0.2) is 0 Å². The lowest BCUT2D eigenvalue weighted by molar-refractivity contribution is -0.893. The molecule has 19 heavy (non-hydrogen) atoms. The fourth-order valence-corrected chi connectivity index (χ4v) is 2.21. The molecule has 0 fully saturated rings. The maximum atomic E-state index is 10.6. The Morgan fingerprint density at radius 3 is 2.47 bits per heavy atom. The SMILES string of the molecule is C=CC(C)OCC(O)C[N+](C)(C)CCCS(=O)(=O)O. The third-order valence-electron chi connectivity index (χ3n) is 2.75. The van der Waals surface area contributed by atoms with E-state index in [1.807, 2.05) is 21.0 Å². The van der Waals surface area contributed by atoms with E-state index in [1.165, 1.54) is 0 Å². The van der Waals surface area contributed by atoms with Crippen LogP contribution < -0.4 is 0 Å². The van der Waals surface area contributed by atoms with Crippen molar-refractivity contribution >= 4 is 10.1 Å². The summed E-state index contributed by atoms with van der Waals surface area (Å²) in [5, 5.41) is 9.85. The maximum absolute atomic E-state index is 10.6. The summed E-state index contributed by atoms with van der Waals surface area (Å²) in [5.41, 5.74) is 0. The van der Waals surface area contributed by atoms with E-state index in [-0.39, 0.29) is 18.5 Å². The lowest BCUT2D eigenvalue weighted by atomic mass is 10.3. The van der Waals surface area contributed by atoms with Gasteiger partial charge in [0.15, 0.2) is 0 Å². The highest BCUT2D eigenvalue weighted by molar-refractivity contribution is 7.85. The number of likely N-dealkylation sites (N-methyl/N-ethyl adjacent to an activating group) is 1. The molecule has 0 aliphatic carbocycles. The number of hydrogen-bond acceptors (Lipinski definition) is 4. The molecule has 114 valence electrons. The van der Waals surface area contributed by atoms with Gasteiger partial charge in [-0.1, -0.05) is 6.08 Å². The van der Waals surface area contributed by atoms with Crippen molar-refractivity contribution in [1.82, 2.24) is 0 Å². The molecular formula is C12H26NO5S+. The molecule has 0 saturated carbocycles. The molecule has 2 unspecified atom stereocenters. The summed E-state index contributed by atoms with van der Waals surface area (Å²) in [6, 6.07) is 0. The van der Waals surface area contributed by atoms with E-state index in [0.29, 0.717) is 24.0 Å². The molecule has 2 N–H and O–H groups in total. The standard InChI is InChI=1S/C12H25NO5S/c1-5-11(2)18-10-12(14)9-13(3,4)7-6-8-19(15,16)17/h5,11-12,14H,1,6-10H2,2-4H3/p+1. The van der Waals surface area contributed by atoms with Gasteiger partial charge in [0, 0.05) is 6.42 Å². The molecule has 0 amide bonds. The van der Waals surface area contributed by atoms with Crippen LogP contribution in [0.25, 0.3) is 0 Å². The zero-order chi connectivity index (χ0) is 15.1. The molecule has 7 heteroatoms. The van der Waals surface area contributed by atoms with Crippen LogP contribution in [0.2, 0.25) is 0 Å². The summed E-state index contributed by atoms with van der Waals surface area (Å²) in [6.07, 6.45) is 1.27. The Hall–Kier alpha value is -0.470. The van der Waals surface area contributed by atoms with Crippen LogP contribution in [0.5, 0.6) is 0 Å². The zero-order valence-corrected chi connectivity index (χ0v) is 12.8. The zero-order valence-electron chi connectivity index (χ0n) is 11.9.